The van der Waals surface area contributed by atoms with Gasteiger partial charge in [-0.3, -0.25) is 0 Å². The standard InChI is InChI=1S/C31H51NO5/c1-6-10-12-14-15-17-19-25(18-16-13-11-7-2)24-37-31(34)26-20-21-29(35-5)28(22-26)32-27(8-3)23-30(33)36-9-4/h20-23,25,32H,6-19,24H2,1-5H3. The van der Waals surface area contributed by atoms with E-state index in [9.17, 15) is 9.59 Å². The smallest absolute Gasteiger partial charge is 0.338 e. The molecule has 0 saturated heterocycles. The highest BCUT2D eigenvalue weighted by atomic mass is 16.5. The molecule has 6 nitrogen and oxygen atoms in total. The Kier molecular flexibility index (Phi) is 18.1. The van der Waals surface area contributed by atoms with Gasteiger partial charge in [0.05, 0.1) is 31.6 Å². The molecule has 0 aromatic heterocycles. The maximum absolute atomic E-state index is 13.0. The Balaban J connectivity index is 2.80. The Morgan fingerprint density at radius 1 is 0.865 bits per heavy atom. The molecule has 0 bridgehead atoms. The van der Waals surface area contributed by atoms with E-state index in [1.165, 1.54) is 70.3 Å². The summed E-state index contributed by atoms with van der Waals surface area (Å²) in [4.78, 5) is 24.9. The van der Waals surface area contributed by atoms with Gasteiger partial charge in [0.1, 0.15) is 5.75 Å². The van der Waals surface area contributed by atoms with Crippen LogP contribution in [-0.4, -0.2) is 32.3 Å². The monoisotopic (exact) mass is 517 g/mol. The van der Waals surface area contributed by atoms with Crippen molar-refractivity contribution in [3.05, 3.63) is 35.5 Å². The molecule has 6 heteroatoms. The fourth-order valence-corrected chi connectivity index (χ4v) is 4.32. The number of rotatable bonds is 21. The van der Waals surface area contributed by atoms with E-state index in [1.54, 1.807) is 32.2 Å². The zero-order chi connectivity index (χ0) is 27.3. The van der Waals surface area contributed by atoms with Crippen LogP contribution in [0.1, 0.15) is 122 Å². The maximum atomic E-state index is 13.0. The third kappa shape index (κ3) is 14.1. The second-order valence-corrected chi connectivity index (χ2v) is 9.69. The van der Waals surface area contributed by atoms with Crippen molar-refractivity contribution in [3.8, 4) is 5.75 Å². The van der Waals surface area contributed by atoms with E-state index in [4.69, 9.17) is 14.2 Å². The van der Waals surface area contributed by atoms with E-state index >= 15 is 0 Å². The minimum Gasteiger partial charge on any atom is -0.495 e. The number of benzene rings is 1. The Labute approximate surface area is 225 Å². The minimum atomic E-state index is -0.406. The van der Waals surface area contributed by atoms with Gasteiger partial charge in [-0.05, 0) is 50.3 Å². The SMILES string of the molecule is CCCCCCCCC(CCCCCC)COC(=O)c1ccc(OC)c(NC(=CC(=O)OCC)CC)c1. The van der Waals surface area contributed by atoms with Crippen LogP contribution >= 0.6 is 0 Å². The van der Waals surface area contributed by atoms with Crippen LogP contribution in [0.15, 0.2) is 30.0 Å². The van der Waals surface area contributed by atoms with E-state index in [-0.39, 0.29) is 5.97 Å². The van der Waals surface area contributed by atoms with Gasteiger partial charge in [0.15, 0.2) is 0 Å². The van der Waals surface area contributed by atoms with Gasteiger partial charge in [-0.2, -0.15) is 0 Å². The lowest BCUT2D eigenvalue weighted by molar-refractivity contribution is -0.137. The highest BCUT2D eigenvalue weighted by molar-refractivity contribution is 5.91. The third-order valence-corrected chi connectivity index (χ3v) is 6.57. The zero-order valence-electron chi connectivity index (χ0n) is 24.0. The Morgan fingerprint density at radius 3 is 2.08 bits per heavy atom. The summed E-state index contributed by atoms with van der Waals surface area (Å²) < 4.78 is 16.3. The van der Waals surface area contributed by atoms with Crippen molar-refractivity contribution in [1.82, 2.24) is 0 Å². The number of anilines is 1. The molecule has 1 unspecified atom stereocenters. The van der Waals surface area contributed by atoms with Gasteiger partial charge in [-0.15, -0.1) is 0 Å². The molecule has 37 heavy (non-hydrogen) atoms. The molecule has 0 heterocycles. The summed E-state index contributed by atoms with van der Waals surface area (Å²) in [6.45, 7) is 8.95. The van der Waals surface area contributed by atoms with Crippen LogP contribution in [0.25, 0.3) is 0 Å². The van der Waals surface area contributed by atoms with Crippen LogP contribution in [0, 0.1) is 5.92 Å². The molecule has 1 atom stereocenters. The van der Waals surface area contributed by atoms with Gasteiger partial charge < -0.3 is 19.5 Å². The van der Waals surface area contributed by atoms with Crippen molar-refractivity contribution < 1.29 is 23.8 Å². The van der Waals surface area contributed by atoms with Gasteiger partial charge in [0.2, 0.25) is 0 Å². The molecule has 1 N–H and O–H groups in total. The number of ether oxygens (including phenoxy) is 3. The van der Waals surface area contributed by atoms with Gasteiger partial charge in [-0.25, -0.2) is 9.59 Å². The summed E-state index contributed by atoms with van der Waals surface area (Å²) in [6.07, 6.45) is 16.8. The summed E-state index contributed by atoms with van der Waals surface area (Å²) >= 11 is 0. The van der Waals surface area contributed by atoms with Crippen molar-refractivity contribution in [2.45, 2.75) is 111 Å². The number of carbonyl (C=O) groups excluding carboxylic acids is 2. The number of hydrogen-bond acceptors (Lipinski definition) is 6. The summed E-state index contributed by atoms with van der Waals surface area (Å²) in [5.74, 6) is 0.245. The fraction of sp³-hybridized carbons (Fsp3) is 0.677. The lowest BCUT2D eigenvalue weighted by Gasteiger charge is -2.18. The van der Waals surface area contributed by atoms with E-state index < -0.39 is 5.97 Å². The topological polar surface area (TPSA) is 73.9 Å². The first-order valence-corrected chi connectivity index (χ1v) is 14.5. The van der Waals surface area contributed by atoms with Gasteiger partial charge in [0, 0.05) is 11.8 Å². The lowest BCUT2D eigenvalue weighted by Crippen LogP contribution is -2.15. The van der Waals surface area contributed by atoms with Crippen molar-refractivity contribution in [2.24, 2.45) is 5.92 Å². The van der Waals surface area contributed by atoms with Crippen molar-refractivity contribution in [3.63, 3.8) is 0 Å². The molecular weight excluding hydrogens is 466 g/mol. The van der Waals surface area contributed by atoms with Crippen molar-refractivity contribution >= 4 is 17.6 Å². The van der Waals surface area contributed by atoms with Crippen LogP contribution < -0.4 is 10.1 Å². The van der Waals surface area contributed by atoms with Gasteiger partial charge in [0.25, 0.3) is 0 Å². The summed E-state index contributed by atoms with van der Waals surface area (Å²) in [7, 11) is 1.57. The number of allylic oxidation sites excluding steroid dienone is 1. The molecular formula is C31H51NO5. The van der Waals surface area contributed by atoms with Crippen molar-refractivity contribution in [1.29, 1.82) is 0 Å². The summed E-state index contributed by atoms with van der Waals surface area (Å²) in [5.41, 5.74) is 1.74. The molecule has 0 saturated carbocycles. The Morgan fingerprint density at radius 2 is 1.49 bits per heavy atom. The summed E-state index contributed by atoms with van der Waals surface area (Å²) in [5, 5.41) is 3.21. The molecule has 1 aromatic carbocycles. The molecule has 210 valence electrons. The predicted octanol–water partition coefficient (Wildman–Crippen LogP) is 8.46. The average molecular weight is 518 g/mol. The Bertz CT molecular complexity index is 805. The van der Waals surface area contributed by atoms with Crippen LogP contribution in [-0.2, 0) is 14.3 Å². The van der Waals surface area contributed by atoms with E-state index in [0.717, 1.165) is 12.8 Å². The first-order chi connectivity index (χ1) is 18.0. The molecule has 1 aromatic rings. The number of carbonyl (C=O) groups is 2. The molecule has 0 radical (unpaired) electrons. The second-order valence-electron chi connectivity index (χ2n) is 9.69. The highest BCUT2D eigenvalue weighted by Gasteiger charge is 2.16. The number of unbranched alkanes of at least 4 members (excludes halogenated alkanes) is 8. The number of hydrogen-bond donors (Lipinski definition) is 1. The summed E-state index contributed by atoms with van der Waals surface area (Å²) in [6, 6.07) is 5.19. The first-order valence-electron chi connectivity index (χ1n) is 14.5. The largest absolute Gasteiger partial charge is 0.495 e. The minimum absolute atomic E-state index is 0.315. The van der Waals surface area contributed by atoms with Crippen LogP contribution in [0.2, 0.25) is 0 Å². The predicted molar refractivity (Wildman–Crippen MR) is 152 cm³/mol. The second kappa shape index (κ2) is 20.5. The molecule has 0 aliphatic carbocycles. The maximum Gasteiger partial charge on any atom is 0.338 e. The molecule has 0 spiro atoms. The Hall–Kier alpha value is -2.50. The van der Waals surface area contributed by atoms with Crippen LogP contribution in [0.3, 0.4) is 0 Å². The van der Waals surface area contributed by atoms with E-state index in [1.807, 2.05) is 6.92 Å². The van der Waals surface area contributed by atoms with Gasteiger partial charge in [-0.1, -0.05) is 85.0 Å². The number of nitrogens with one attached hydrogen (secondary N) is 1. The normalized spacial score (nSPS) is 12.2. The zero-order valence-corrected chi connectivity index (χ0v) is 24.0. The van der Waals surface area contributed by atoms with E-state index in [0.29, 0.717) is 48.2 Å². The molecule has 0 fully saturated rings. The lowest BCUT2D eigenvalue weighted by atomic mass is 9.95. The third-order valence-electron chi connectivity index (χ3n) is 6.57. The van der Waals surface area contributed by atoms with Crippen LogP contribution in [0.5, 0.6) is 5.75 Å². The number of esters is 2. The van der Waals surface area contributed by atoms with Crippen LogP contribution in [0.4, 0.5) is 5.69 Å². The van der Waals surface area contributed by atoms with Crippen molar-refractivity contribution in [2.75, 3.05) is 25.6 Å². The fourth-order valence-electron chi connectivity index (χ4n) is 4.32. The molecule has 0 amide bonds. The average Bonchev–Trinajstić information content (AvgIpc) is 2.90. The highest BCUT2D eigenvalue weighted by Crippen LogP contribution is 2.28. The quantitative estimate of drug-likeness (QED) is 0.100. The van der Waals surface area contributed by atoms with E-state index in [2.05, 4.69) is 19.2 Å². The number of methoxy groups -OCH3 is 1. The molecule has 0 aliphatic heterocycles. The molecule has 0 aliphatic rings. The first kappa shape index (κ1) is 32.5. The molecule has 1 rings (SSSR count). The van der Waals surface area contributed by atoms with Gasteiger partial charge >= 0.3 is 11.9 Å².